The van der Waals surface area contributed by atoms with Gasteiger partial charge in [0.05, 0.1) is 12.6 Å². The first-order chi connectivity index (χ1) is 6.77. The van der Waals surface area contributed by atoms with Crippen molar-refractivity contribution in [3.05, 3.63) is 0 Å². The molecule has 1 aliphatic carbocycles. The van der Waals surface area contributed by atoms with Gasteiger partial charge in [0, 0.05) is 19.6 Å². The largest absolute Gasteiger partial charge is 0.396 e. The molecule has 0 aromatic rings. The van der Waals surface area contributed by atoms with E-state index in [1.54, 1.807) is 7.11 Å². The molecule has 1 amide bonds. The lowest BCUT2D eigenvalue weighted by molar-refractivity contribution is -0.128. The molecule has 1 fully saturated rings. The Bertz CT molecular complexity index is 174. The van der Waals surface area contributed by atoms with Gasteiger partial charge in [-0.15, -0.1) is 0 Å². The Labute approximate surface area is 84.6 Å². The Morgan fingerprint density at radius 2 is 2.36 bits per heavy atom. The second-order valence-corrected chi connectivity index (χ2v) is 3.80. The van der Waals surface area contributed by atoms with E-state index in [-0.39, 0.29) is 24.5 Å². The number of aliphatic hydroxyl groups is 1. The molecule has 2 N–H and O–H groups in total. The van der Waals surface area contributed by atoms with Crippen molar-refractivity contribution in [2.24, 2.45) is 5.92 Å². The normalized spacial score (nSPS) is 18.7. The zero-order valence-electron chi connectivity index (χ0n) is 8.66. The summed E-state index contributed by atoms with van der Waals surface area (Å²) in [7, 11) is 1.60. The number of nitrogens with one attached hydrogen (secondary N) is 1. The van der Waals surface area contributed by atoms with Crippen molar-refractivity contribution in [1.82, 2.24) is 5.32 Å². The average molecular weight is 201 g/mol. The number of carbonyl (C=O) groups is 1. The monoisotopic (exact) mass is 201 g/mol. The van der Waals surface area contributed by atoms with Gasteiger partial charge in [-0.3, -0.25) is 4.79 Å². The van der Waals surface area contributed by atoms with Crippen molar-refractivity contribution in [3.8, 4) is 0 Å². The van der Waals surface area contributed by atoms with Crippen LogP contribution in [0.4, 0.5) is 0 Å². The predicted molar refractivity (Wildman–Crippen MR) is 52.9 cm³/mol. The summed E-state index contributed by atoms with van der Waals surface area (Å²) in [5, 5.41) is 11.7. The molecule has 82 valence electrons. The van der Waals surface area contributed by atoms with E-state index < -0.39 is 0 Å². The number of carbonyl (C=O) groups excluding carboxylic acids is 1. The maximum absolute atomic E-state index is 11.5. The van der Waals surface area contributed by atoms with E-state index in [0.29, 0.717) is 13.0 Å². The van der Waals surface area contributed by atoms with E-state index >= 15 is 0 Å². The van der Waals surface area contributed by atoms with Crippen LogP contribution in [0, 0.1) is 5.92 Å². The van der Waals surface area contributed by atoms with Crippen molar-refractivity contribution in [3.63, 3.8) is 0 Å². The predicted octanol–water partition coefficient (Wildman–Crippen LogP) is 0.300. The Kier molecular flexibility index (Phi) is 4.90. The molecular weight excluding hydrogens is 182 g/mol. The molecule has 14 heavy (non-hydrogen) atoms. The first kappa shape index (κ1) is 11.5. The van der Waals surface area contributed by atoms with Crippen molar-refractivity contribution < 1.29 is 14.6 Å². The third-order valence-electron chi connectivity index (χ3n) is 2.67. The third kappa shape index (κ3) is 3.27. The Morgan fingerprint density at radius 1 is 1.64 bits per heavy atom. The summed E-state index contributed by atoms with van der Waals surface area (Å²) in [4.78, 5) is 11.5. The summed E-state index contributed by atoms with van der Waals surface area (Å²) in [6.07, 6.45) is 3.73. The topological polar surface area (TPSA) is 58.6 Å². The third-order valence-corrected chi connectivity index (χ3v) is 2.67. The number of hydrogen-bond acceptors (Lipinski definition) is 3. The summed E-state index contributed by atoms with van der Waals surface area (Å²) in [6.45, 7) is 0.554. The minimum atomic E-state index is -0.0434. The maximum Gasteiger partial charge on any atom is 0.223 e. The van der Waals surface area contributed by atoms with E-state index in [4.69, 9.17) is 9.84 Å². The minimum Gasteiger partial charge on any atom is -0.396 e. The van der Waals surface area contributed by atoms with Crippen LogP contribution in [0.25, 0.3) is 0 Å². The van der Waals surface area contributed by atoms with Crippen molar-refractivity contribution in [2.75, 3.05) is 20.3 Å². The van der Waals surface area contributed by atoms with Gasteiger partial charge in [-0.1, -0.05) is 6.42 Å². The molecule has 1 unspecified atom stereocenters. The molecule has 0 bridgehead atoms. The Hall–Kier alpha value is -0.610. The molecule has 0 spiro atoms. The van der Waals surface area contributed by atoms with Crippen LogP contribution in [0.2, 0.25) is 0 Å². The standard InChI is InChI=1S/C10H19NO3/c1-14-7-9(5-6-12)11-10(13)8-3-2-4-8/h8-9,12H,2-7H2,1H3,(H,11,13). The summed E-state index contributed by atoms with van der Waals surface area (Å²) < 4.78 is 4.96. The second kappa shape index (κ2) is 5.98. The van der Waals surface area contributed by atoms with E-state index in [0.717, 1.165) is 19.3 Å². The molecule has 0 aromatic carbocycles. The first-order valence-corrected chi connectivity index (χ1v) is 5.18. The van der Waals surface area contributed by atoms with Gasteiger partial charge in [0.2, 0.25) is 5.91 Å². The molecule has 0 radical (unpaired) electrons. The second-order valence-electron chi connectivity index (χ2n) is 3.80. The molecule has 1 aliphatic rings. The van der Waals surface area contributed by atoms with Crippen LogP contribution in [0.1, 0.15) is 25.7 Å². The van der Waals surface area contributed by atoms with Crippen LogP contribution >= 0.6 is 0 Å². The van der Waals surface area contributed by atoms with E-state index in [1.165, 1.54) is 0 Å². The van der Waals surface area contributed by atoms with Gasteiger partial charge in [-0.05, 0) is 19.3 Å². The molecular formula is C10H19NO3. The number of rotatable bonds is 6. The van der Waals surface area contributed by atoms with Gasteiger partial charge >= 0.3 is 0 Å². The number of ether oxygens (including phenoxy) is 1. The highest BCUT2D eigenvalue weighted by Crippen LogP contribution is 2.26. The van der Waals surface area contributed by atoms with Crippen LogP contribution in [0.15, 0.2) is 0 Å². The highest BCUT2D eigenvalue weighted by Gasteiger charge is 2.26. The van der Waals surface area contributed by atoms with Crippen LogP contribution in [-0.4, -0.2) is 37.4 Å². The SMILES string of the molecule is COCC(CCO)NC(=O)C1CCC1. The van der Waals surface area contributed by atoms with Gasteiger partial charge in [0.1, 0.15) is 0 Å². The number of methoxy groups -OCH3 is 1. The maximum atomic E-state index is 11.5. The minimum absolute atomic E-state index is 0.0434. The molecule has 0 aliphatic heterocycles. The molecule has 4 heteroatoms. The van der Waals surface area contributed by atoms with Gasteiger partial charge < -0.3 is 15.2 Å². The molecule has 4 nitrogen and oxygen atoms in total. The quantitative estimate of drug-likeness (QED) is 0.650. The lowest BCUT2D eigenvalue weighted by Crippen LogP contribution is -2.43. The fourth-order valence-electron chi connectivity index (χ4n) is 1.54. The molecule has 1 atom stereocenters. The van der Waals surface area contributed by atoms with E-state index in [1.807, 2.05) is 0 Å². The smallest absolute Gasteiger partial charge is 0.223 e. The highest BCUT2D eigenvalue weighted by molar-refractivity contribution is 5.79. The van der Waals surface area contributed by atoms with Crippen LogP contribution < -0.4 is 5.32 Å². The fraction of sp³-hybridized carbons (Fsp3) is 0.900. The summed E-state index contributed by atoms with van der Waals surface area (Å²) in [5.41, 5.74) is 0. The van der Waals surface area contributed by atoms with Gasteiger partial charge in [-0.2, -0.15) is 0 Å². The van der Waals surface area contributed by atoms with Crippen LogP contribution in [-0.2, 0) is 9.53 Å². The summed E-state index contributed by atoms with van der Waals surface area (Å²) in [6, 6.07) is -0.0434. The number of hydrogen-bond donors (Lipinski definition) is 2. The summed E-state index contributed by atoms with van der Waals surface area (Å²) in [5.74, 6) is 0.319. The fourth-order valence-corrected chi connectivity index (χ4v) is 1.54. The molecule has 0 saturated heterocycles. The number of aliphatic hydroxyl groups excluding tert-OH is 1. The Morgan fingerprint density at radius 3 is 2.79 bits per heavy atom. The molecule has 0 heterocycles. The first-order valence-electron chi connectivity index (χ1n) is 5.18. The van der Waals surface area contributed by atoms with E-state index in [9.17, 15) is 4.79 Å². The summed E-state index contributed by atoms with van der Waals surface area (Å²) >= 11 is 0. The highest BCUT2D eigenvalue weighted by atomic mass is 16.5. The lowest BCUT2D eigenvalue weighted by atomic mass is 9.84. The molecule has 1 rings (SSSR count). The van der Waals surface area contributed by atoms with E-state index in [2.05, 4.69) is 5.32 Å². The van der Waals surface area contributed by atoms with Crippen molar-refractivity contribution in [1.29, 1.82) is 0 Å². The zero-order chi connectivity index (χ0) is 10.4. The van der Waals surface area contributed by atoms with Crippen molar-refractivity contribution in [2.45, 2.75) is 31.7 Å². The van der Waals surface area contributed by atoms with Crippen molar-refractivity contribution >= 4 is 5.91 Å². The van der Waals surface area contributed by atoms with Crippen LogP contribution in [0.5, 0.6) is 0 Å². The molecule has 1 saturated carbocycles. The van der Waals surface area contributed by atoms with Crippen LogP contribution in [0.3, 0.4) is 0 Å². The van der Waals surface area contributed by atoms with Gasteiger partial charge in [0.25, 0.3) is 0 Å². The lowest BCUT2D eigenvalue weighted by Gasteiger charge is -2.27. The molecule has 0 aromatic heterocycles. The Balaban J connectivity index is 2.25. The zero-order valence-corrected chi connectivity index (χ0v) is 8.66. The van der Waals surface area contributed by atoms with Gasteiger partial charge in [0.15, 0.2) is 0 Å². The average Bonchev–Trinajstić information content (AvgIpc) is 2.01. The van der Waals surface area contributed by atoms with Gasteiger partial charge in [-0.25, -0.2) is 0 Å². The number of amides is 1.